The summed E-state index contributed by atoms with van der Waals surface area (Å²) in [4.78, 5) is 21.4. The van der Waals surface area contributed by atoms with Crippen molar-refractivity contribution in [2.75, 3.05) is 18.0 Å². The maximum Gasteiger partial charge on any atom is 0.250 e. The average molecular weight is 449 g/mol. The molecular formula is C24H25FN6O2. The standard InChI is InChI=1S/C12H9FN2O.C12H16N4O/c13-10-3-1-2-8(6-10)11-5-4-9(7-15-11)12(14)16;1-2-9-7-16-11(13-9)3-4-12(14-16)15-6-5-10(17)8-15/h1-7H,(H2,14,16);3-4,7,10,17H,2,5-6,8H2,1H3. The van der Waals surface area contributed by atoms with Crippen molar-refractivity contribution in [3.8, 4) is 11.3 Å². The van der Waals surface area contributed by atoms with Gasteiger partial charge in [-0.15, -0.1) is 5.10 Å². The van der Waals surface area contributed by atoms with Crippen molar-refractivity contribution in [3.05, 3.63) is 78.0 Å². The number of imidazole rings is 1. The molecule has 0 radical (unpaired) electrons. The van der Waals surface area contributed by atoms with E-state index in [1.165, 1.54) is 18.3 Å². The number of aryl methyl sites for hydroxylation is 1. The van der Waals surface area contributed by atoms with Crippen molar-refractivity contribution in [1.29, 1.82) is 0 Å². The van der Waals surface area contributed by atoms with E-state index in [1.807, 2.05) is 22.8 Å². The van der Waals surface area contributed by atoms with Gasteiger partial charge < -0.3 is 15.7 Å². The number of nitrogens with two attached hydrogens (primary N) is 1. The van der Waals surface area contributed by atoms with Crippen molar-refractivity contribution in [2.24, 2.45) is 5.73 Å². The van der Waals surface area contributed by atoms with Crippen LogP contribution in [0.2, 0.25) is 0 Å². The second kappa shape index (κ2) is 9.74. The highest BCUT2D eigenvalue weighted by Crippen LogP contribution is 2.19. The molecule has 0 bridgehead atoms. The quantitative estimate of drug-likeness (QED) is 0.497. The Morgan fingerprint density at radius 1 is 1.24 bits per heavy atom. The molecule has 3 aromatic heterocycles. The fourth-order valence-corrected chi connectivity index (χ4v) is 3.57. The Balaban J connectivity index is 0.000000157. The van der Waals surface area contributed by atoms with Crippen molar-refractivity contribution in [1.82, 2.24) is 19.6 Å². The van der Waals surface area contributed by atoms with Gasteiger partial charge in [0.1, 0.15) is 11.6 Å². The molecule has 4 aromatic rings. The number of anilines is 1. The first-order valence-corrected chi connectivity index (χ1v) is 10.7. The molecule has 0 spiro atoms. The van der Waals surface area contributed by atoms with Crippen molar-refractivity contribution >= 4 is 17.4 Å². The third-order valence-corrected chi connectivity index (χ3v) is 5.37. The van der Waals surface area contributed by atoms with Gasteiger partial charge in [-0.05, 0) is 49.2 Å². The normalized spacial score (nSPS) is 15.4. The monoisotopic (exact) mass is 448 g/mol. The Morgan fingerprint density at radius 2 is 2.09 bits per heavy atom. The zero-order chi connectivity index (χ0) is 23.4. The summed E-state index contributed by atoms with van der Waals surface area (Å²) in [5.74, 6) is 0.0608. The second-order valence-corrected chi connectivity index (χ2v) is 7.78. The van der Waals surface area contributed by atoms with Crippen molar-refractivity contribution in [3.63, 3.8) is 0 Å². The highest BCUT2D eigenvalue weighted by molar-refractivity contribution is 5.92. The van der Waals surface area contributed by atoms with Gasteiger partial charge in [-0.1, -0.05) is 19.1 Å². The third kappa shape index (κ3) is 5.32. The van der Waals surface area contributed by atoms with Gasteiger partial charge >= 0.3 is 0 Å². The minimum atomic E-state index is -0.529. The molecule has 170 valence electrons. The summed E-state index contributed by atoms with van der Waals surface area (Å²) in [6.07, 6.45) is 4.86. The largest absolute Gasteiger partial charge is 0.391 e. The zero-order valence-electron chi connectivity index (χ0n) is 18.2. The molecule has 1 aliphatic heterocycles. The number of halogens is 1. The molecule has 9 heteroatoms. The van der Waals surface area contributed by atoms with Gasteiger partial charge in [-0.2, -0.15) is 0 Å². The summed E-state index contributed by atoms with van der Waals surface area (Å²) in [5, 5.41) is 14.1. The molecule has 1 saturated heterocycles. The first-order chi connectivity index (χ1) is 15.9. The van der Waals surface area contributed by atoms with E-state index < -0.39 is 5.91 Å². The number of hydrogen-bond acceptors (Lipinski definition) is 6. The van der Waals surface area contributed by atoms with E-state index in [4.69, 9.17) is 5.73 Å². The van der Waals surface area contributed by atoms with Crippen LogP contribution in [0.15, 0.2) is 60.9 Å². The van der Waals surface area contributed by atoms with Crippen LogP contribution in [0.5, 0.6) is 0 Å². The number of carbonyl (C=O) groups excluding carboxylic acids is 1. The van der Waals surface area contributed by atoms with Crippen LogP contribution in [0, 0.1) is 5.82 Å². The number of nitrogens with zero attached hydrogens (tertiary/aromatic N) is 5. The first kappa shape index (κ1) is 22.3. The molecule has 1 aliphatic rings. The highest BCUT2D eigenvalue weighted by Gasteiger charge is 2.21. The molecule has 5 rings (SSSR count). The molecule has 1 atom stereocenters. The molecule has 0 aliphatic carbocycles. The number of aliphatic hydroxyl groups is 1. The Morgan fingerprint density at radius 3 is 2.73 bits per heavy atom. The van der Waals surface area contributed by atoms with Crippen molar-refractivity contribution < 1.29 is 14.3 Å². The molecule has 1 fully saturated rings. The fourth-order valence-electron chi connectivity index (χ4n) is 3.57. The van der Waals surface area contributed by atoms with E-state index >= 15 is 0 Å². The SMILES string of the molecule is CCc1cn2nc(N3CCC(O)C3)ccc2n1.NC(=O)c1ccc(-c2cccc(F)c2)nc1. The Bertz CT molecular complexity index is 1260. The number of hydrogen-bond donors (Lipinski definition) is 2. The summed E-state index contributed by atoms with van der Waals surface area (Å²) in [6, 6.07) is 13.2. The van der Waals surface area contributed by atoms with E-state index in [0.29, 0.717) is 23.4 Å². The number of benzene rings is 1. The number of fused-ring (bicyclic) bond motifs is 1. The smallest absolute Gasteiger partial charge is 0.250 e. The Labute approximate surface area is 190 Å². The Kier molecular flexibility index (Phi) is 6.60. The van der Waals surface area contributed by atoms with Gasteiger partial charge in [0.05, 0.1) is 29.3 Å². The van der Waals surface area contributed by atoms with E-state index in [9.17, 15) is 14.3 Å². The third-order valence-electron chi connectivity index (χ3n) is 5.37. The van der Waals surface area contributed by atoms with Crippen LogP contribution in [0.25, 0.3) is 16.9 Å². The molecular weight excluding hydrogens is 423 g/mol. The summed E-state index contributed by atoms with van der Waals surface area (Å²) in [6.45, 7) is 3.63. The average Bonchev–Trinajstić information content (AvgIpc) is 3.45. The number of amides is 1. The second-order valence-electron chi connectivity index (χ2n) is 7.78. The molecule has 0 saturated carbocycles. The van der Waals surface area contributed by atoms with Gasteiger partial charge in [-0.3, -0.25) is 9.78 Å². The number of rotatable bonds is 4. The summed E-state index contributed by atoms with van der Waals surface area (Å²) in [5.41, 5.74) is 8.62. The van der Waals surface area contributed by atoms with E-state index in [1.54, 1.807) is 24.3 Å². The summed E-state index contributed by atoms with van der Waals surface area (Å²) < 4.78 is 14.8. The maximum absolute atomic E-state index is 13.0. The number of aromatic nitrogens is 4. The zero-order valence-corrected chi connectivity index (χ0v) is 18.2. The summed E-state index contributed by atoms with van der Waals surface area (Å²) >= 11 is 0. The van der Waals surface area contributed by atoms with Crippen LogP contribution < -0.4 is 10.6 Å². The number of primary amides is 1. The van der Waals surface area contributed by atoms with Crippen LogP contribution in [-0.2, 0) is 6.42 Å². The molecule has 8 nitrogen and oxygen atoms in total. The van der Waals surface area contributed by atoms with Crippen LogP contribution >= 0.6 is 0 Å². The molecule has 33 heavy (non-hydrogen) atoms. The lowest BCUT2D eigenvalue weighted by Gasteiger charge is -2.15. The number of carbonyl (C=O) groups is 1. The van der Waals surface area contributed by atoms with Crippen LogP contribution in [0.1, 0.15) is 29.4 Å². The Hall–Kier alpha value is -3.85. The molecule has 1 unspecified atom stereocenters. The molecule has 4 heterocycles. The number of pyridine rings is 1. The van der Waals surface area contributed by atoms with Crippen LogP contribution in [0.4, 0.5) is 10.2 Å². The summed E-state index contributed by atoms with van der Waals surface area (Å²) in [7, 11) is 0. The topological polar surface area (TPSA) is 110 Å². The predicted molar refractivity (Wildman–Crippen MR) is 123 cm³/mol. The van der Waals surface area contributed by atoms with Gasteiger partial charge in [0.25, 0.3) is 0 Å². The van der Waals surface area contributed by atoms with Crippen molar-refractivity contribution in [2.45, 2.75) is 25.9 Å². The highest BCUT2D eigenvalue weighted by atomic mass is 19.1. The number of β-amino-alcohol motifs (C(OH)–C–C–N with tert-alkyl or cyclic N) is 1. The lowest BCUT2D eigenvalue weighted by Crippen LogP contribution is -2.22. The van der Waals surface area contributed by atoms with Gasteiger partial charge in [-0.25, -0.2) is 13.9 Å². The van der Waals surface area contributed by atoms with E-state index in [-0.39, 0.29) is 11.9 Å². The maximum atomic E-state index is 13.0. The minimum Gasteiger partial charge on any atom is -0.391 e. The molecule has 3 N–H and O–H groups in total. The van der Waals surface area contributed by atoms with Gasteiger partial charge in [0.15, 0.2) is 5.65 Å². The van der Waals surface area contributed by atoms with Gasteiger partial charge in [0.2, 0.25) is 5.91 Å². The fraction of sp³-hybridized carbons (Fsp3) is 0.250. The lowest BCUT2D eigenvalue weighted by atomic mass is 10.1. The lowest BCUT2D eigenvalue weighted by molar-refractivity contribution is 0.1000. The minimum absolute atomic E-state index is 0.221. The van der Waals surface area contributed by atoms with Crippen LogP contribution in [0.3, 0.4) is 0 Å². The molecule has 1 amide bonds. The van der Waals surface area contributed by atoms with Gasteiger partial charge in [0, 0.05) is 24.8 Å². The molecule has 1 aromatic carbocycles. The number of aliphatic hydroxyl groups excluding tert-OH is 1. The van der Waals surface area contributed by atoms with E-state index in [0.717, 1.165) is 36.5 Å². The van der Waals surface area contributed by atoms with Crippen LogP contribution in [-0.4, -0.2) is 49.8 Å². The van der Waals surface area contributed by atoms with E-state index in [2.05, 4.69) is 26.9 Å². The predicted octanol–water partition coefficient (Wildman–Crippen LogP) is 2.85. The first-order valence-electron chi connectivity index (χ1n) is 10.7.